The summed E-state index contributed by atoms with van der Waals surface area (Å²) < 4.78 is 6.12. The molecule has 0 rings (SSSR count). The summed E-state index contributed by atoms with van der Waals surface area (Å²) in [5.74, 6) is 0. The zero-order chi connectivity index (χ0) is 12.3. The molecule has 0 bridgehead atoms. The van der Waals surface area contributed by atoms with Crippen molar-refractivity contribution in [2.75, 3.05) is 6.61 Å². The second-order valence-electron chi connectivity index (χ2n) is 6.55. The van der Waals surface area contributed by atoms with E-state index in [-0.39, 0.29) is 5.41 Å². The third-order valence-electron chi connectivity index (χ3n) is 3.57. The van der Waals surface area contributed by atoms with Crippen LogP contribution in [0.3, 0.4) is 0 Å². The van der Waals surface area contributed by atoms with Gasteiger partial charge < -0.3 is 4.43 Å². The van der Waals surface area contributed by atoms with Crippen LogP contribution in [0.15, 0.2) is 12.7 Å². The Morgan fingerprint density at radius 3 is 1.93 bits per heavy atom. The molecule has 0 fully saturated rings. The highest BCUT2D eigenvalue weighted by atomic mass is 28.4. The fraction of sp³-hybridized carbons (Fsp3) is 0.846. The van der Waals surface area contributed by atoms with Crippen molar-refractivity contribution in [2.45, 2.75) is 59.2 Å². The van der Waals surface area contributed by atoms with E-state index in [0.717, 1.165) is 13.0 Å². The molecule has 0 aliphatic carbocycles. The fourth-order valence-electron chi connectivity index (χ4n) is 0.888. The van der Waals surface area contributed by atoms with Crippen LogP contribution in [0.2, 0.25) is 18.1 Å². The standard InChI is InChI=1S/C13H28OSi/c1-9-13(5,6)10-11-14-15(7,8)12(2,3)4/h9H,1,10-11H2,2-8H3. The van der Waals surface area contributed by atoms with Crippen LogP contribution in [0.5, 0.6) is 0 Å². The molecule has 0 aliphatic heterocycles. The lowest BCUT2D eigenvalue weighted by Gasteiger charge is -2.37. The minimum absolute atomic E-state index is 0.197. The molecule has 0 aromatic carbocycles. The summed E-state index contributed by atoms with van der Waals surface area (Å²) in [5, 5.41) is 0.311. The number of allylic oxidation sites excluding steroid dienone is 1. The third-order valence-corrected chi connectivity index (χ3v) is 8.11. The molecule has 0 aliphatic rings. The average Bonchev–Trinajstić information content (AvgIpc) is 2.01. The summed E-state index contributed by atoms with van der Waals surface area (Å²) in [5.41, 5.74) is 0.197. The zero-order valence-corrected chi connectivity index (χ0v) is 12.6. The minimum atomic E-state index is -1.55. The van der Waals surface area contributed by atoms with Gasteiger partial charge in [0.15, 0.2) is 8.32 Å². The van der Waals surface area contributed by atoms with Crippen molar-refractivity contribution in [1.29, 1.82) is 0 Å². The Morgan fingerprint density at radius 1 is 1.13 bits per heavy atom. The zero-order valence-electron chi connectivity index (χ0n) is 11.6. The van der Waals surface area contributed by atoms with Gasteiger partial charge in [-0.3, -0.25) is 0 Å². The van der Waals surface area contributed by atoms with Gasteiger partial charge in [-0.25, -0.2) is 0 Å². The van der Waals surface area contributed by atoms with Crippen LogP contribution in [0.4, 0.5) is 0 Å². The molecule has 15 heavy (non-hydrogen) atoms. The molecule has 0 radical (unpaired) electrons. The summed E-state index contributed by atoms with van der Waals surface area (Å²) in [7, 11) is -1.55. The first-order valence-corrected chi connectivity index (χ1v) is 8.70. The Bertz CT molecular complexity index is 211. The van der Waals surface area contributed by atoms with Crippen LogP contribution in [0.1, 0.15) is 41.0 Å². The van der Waals surface area contributed by atoms with Gasteiger partial charge >= 0.3 is 0 Å². The van der Waals surface area contributed by atoms with E-state index >= 15 is 0 Å². The molecule has 0 saturated heterocycles. The Kier molecular flexibility index (Phi) is 4.81. The second kappa shape index (κ2) is 4.83. The molecule has 0 spiro atoms. The number of rotatable bonds is 5. The average molecular weight is 228 g/mol. The molecule has 0 heterocycles. The van der Waals surface area contributed by atoms with E-state index in [2.05, 4.69) is 54.3 Å². The van der Waals surface area contributed by atoms with E-state index < -0.39 is 8.32 Å². The van der Waals surface area contributed by atoms with Crippen molar-refractivity contribution in [3.8, 4) is 0 Å². The van der Waals surface area contributed by atoms with E-state index in [9.17, 15) is 0 Å². The lowest BCUT2D eigenvalue weighted by Crippen LogP contribution is -2.41. The van der Waals surface area contributed by atoms with Gasteiger partial charge in [-0.05, 0) is 30.0 Å². The Balaban J connectivity index is 4.13. The summed E-state index contributed by atoms with van der Waals surface area (Å²) >= 11 is 0. The predicted molar refractivity (Wildman–Crippen MR) is 71.7 cm³/mol. The van der Waals surface area contributed by atoms with Crippen LogP contribution in [-0.4, -0.2) is 14.9 Å². The van der Waals surface area contributed by atoms with Crippen LogP contribution in [-0.2, 0) is 4.43 Å². The van der Waals surface area contributed by atoms with Crippen molar-refractivity contribution < 1.29 is 4.43 Å². The predicted octanol–water partition coefficient (Wildman–Crippen LogP) is 4.61. The molecule has 2 heteroatoms. The number of hydrogen-bond acceptors (Lipinski definition) is 1. The van der Waals surface area contributed by atoms with E-state index in [4.69, 9.17) is 4.43 Å². The maximum Gasteiger partial charge on any atom is 0.191 e. The van der Waals surface area contributed by atoms with E-state index in [1.807, 2.05) is 6.08 Å². The molecule has 0 atom stereocenters. The van der Waals surface area contributed by atoms with E-state index in [1.54, 1.807) is 0 Å². The minimum Gasteiger partial charge on any atom is -0.417 e. The Hall–Kier alpha value is -0.0831. The highest BCUT2D eigenvalue weighted by molar-refractivity contribution is 6.74. The van der Waals surface area contributed by atoms with Crippen molar-refractivity contribution in [3.63, 3.8) is 0 Å². The molecule has 1 nitrogen and oxygen atoms in total. The highest BCUT2D eigenvalue weighted by Crippen LogP contribution is 2.37. The first kappa shape index (κ1) is 14.9. The first-order valence-electron chi connectivity index (χ1n) is 5.79. The quantitative estimate of drug-likeness (QED) is 0.493. The number of hydrogen-bond donors (Lipinski definition) is 0. The smallest absolute Gasteiger partial charge is 0.191 e. The van der Waals surface area contributed by atoms with E-state index in [1.165, 1.54) is 0 Å². The lowest BCUT2D eigenvalue weighted by atomic mass is 9.90. The molecular weight excluding hydrogens is 200 g/mol. The van der Waals surface area contributed by atoms with Crippen LogP contribution >= 0.6 is 0 Å². The fourth-order valence-corrected chi connectivity index (χ4v) is 1.93. The third kappa shape index (κ3) is 4.98. The molecular formula is C13H28OSi. The first-order chi connectivity index (χ1) is 6.52. The molecule has 0 unspecified atom stereocenters. The van der Waals surface area contributed by atoms with Crippen molar-refractivity contribution in [1.82, 2.24) is 0 Å². The van der Waals surface area contributed by atoms with Gasteiger partial charge in [0.05, 0.1) is 0 Å². The van der Waals surface area contributed by atoms with Gasteiger partial charge in [0.25, 0.3) is 0 Å². The largest absolute Gasteiger partial charge is 0.417 e. The maximum atomic E-state index is 6.12. The summed E-state index contributed by atoms with van der Waals surface area (Å²) in [4.78, 5) is 0. The molecule has 0 saturated carbocycles. The van der Waals surface area contributed by atoms with Crippen molar-refractivity contribution in [2.24, 2.45) is 5.41 Å². The molecule has 0 aromatic rings. The molecule has 0 amide bonds. The highest BCUT2D eigenvalue weighted by Gasteiger charge is 2.37. The topological polar surface area (TPSA) is 9.23 Å². The van der Waals surface area contributed by atoms with Crippen molar-refractivity contribution in [3.05, 3.63) is 12.7 Å². The SMILES string of the molecule is C=CC(C)(C)CCO[Si](C)(C)C(C)(C)C. The normalized spacial score (nSPS) is 14.1. The molecule has 0 N–H and O–H groups in total. The summed E-state index contributed by atoms with van der Waals surface area (Å²) in [6, 6.07) is 0. The monoisotopic (exact) mass is 228 g/mol. The van der Waals surface area contributed by atoms with Gasteiger partial charge in [0.2, 0.25) is 0 Å². The Labute approximate surface area is 97.0 Å². The molecule has 90 valence electrons. The lowest BCUT2D eigenvalue weighted by molar-refractivity contribution is 0.241. The van der Waals surface area contributed by atoms with Crippen LogP contribution in [0, 0.1) is 5.41 Å². The van der Waals surface area contributed by atoms with Crippen LogP contribution in [0.25, 0.3) is 0 Å². The van der Waals surface area contributed by atoms with Gasteiger partial charge in [-0.2, -0.15) is 0 Å². The second-order valence-corrected chi connectivity index (χ2v) is 11.4. The summed E-state index contributed by atoms with van der Waals surface area (Å²) in [6.07, 6.45) is 3.07. The molecule has 0 aromatic heterocycles. The van der Waals surface area contributed by atoms with E-state index in [0.29, 0.717) is 5.04 Å². The Morgan fingerprint density at radius 2 is 1.60 bits per heavy atom. The van der Waals surface area contributed by atoms with Crippen LogP contribution < -0.4 is 0 Å². The van der Waals surface area contributed by atoms with Gasteiger partial charge in [0, 0.05) is 6.61 Å². The van der Waals surface area contributed by atoms with Gasteiger partial charge in [0.1, 0.15) is 0 Å². The maximum absolute atomic E-state index is 6.12. The van der Waals surface area contributed by atoms with Gasteiger partial charge in [-0.15, -0.1) is 6.58 Å². The summed E-state index contributed by atoms with van der Waals surface area (Å²) in [6.45, 7) is 20.5. The van der Waals surface area contributed by atoms with Crippen molar-refractivity contribution >= 4 is 8.32 Å². The van der Waals surface area contributed by atoms with Gasteiger partial charge in [-0.1, -0.05) is 40.7 Å².